The zero-order chi connectivity index (χ0) is 7.40. The molecule has 0 aliphatic rings. The van der Waals surface area contributed by atoms with Crippen molar-refractivity contribution in [3.8, 4) is 5.75 Å². The van der Waals surface area contributed by atoms with Crippen LogP contribution in [0, 0.1) is 0 Å². The normalized spacial score (nSPS) is 10.6. The van der Waals surface area contributed by atoms with Crippen molar-refractivity contribution in [2.24, 2.45) is 0 Å². The smallest absolute Gasteiger partial charge is 0.118 e. The van der Waals surface area contributed by atoms with Crippen LogP contribution in [0.5, 0.6) is 5.75 Å². The van der Waals surface area contributed by atoms with E-state index in [4.69, 9.17) is 4.74 Å². The highest BCUT2D eigenvalue weighted by molar-refractivity contribution is 6.51. The van der Waals surface area contributed by atoms with Gasteiger partial charge in [0.1, 0.15) is 5.75 Å². The minimum atomic E-state index is 0.0121. The first-order chi connectivity index (χ1) is 4.86. The van der Waals surface area contributed by atoms with Gasteiger partial charge in [-0.1, -0.05) is 23.9 Å². The first-order valence-corrected chi connectivity index (χ1v) is 5.62. The van der Waals surface area contributed by atoms with E-state index in [2.05, 4.69) is 18.7 Å². The lowest BCUT2D eigenvalue weighted by atomic mass is 10.3. The van der Waals surface area contributed by atoms with Crippen LogP contribution < -0.4 is 9.92 Å². The van der Waals surface area contributed by atoms with Gasteiger partial charge in [0.2, 0.25) is 0 Å². The quantitative estimate of drug-likeness (QED) is 0.562. The molecule has 54 valence electrons. The third-order valence-corrected chi connectivity index (χ3v) is 2.86. The largest absolute Gasteiger partial charge is 0.497 e. The Morgan fingerprint density at radius 3 is 2.20 bits per heavy atom. The van der Waals surface area contributed by atoms with Crippen LogP contribution in [0.25, 0.3) is 0 Å². The van der Waals surface area contributed by atoms with Crippen LogP contribution in [0.1, 0.15) is 0 Å². The highest BCUT2D eigenvalue weighted by Crippen LogP contribution is 2.04. The molecule has 2 heteroatoms. The molecule has 0 saturated carbocycles. The lowest BCUT2D eigenvalue weighted by Gasteiger charge is -1.99. The fraction of sp³-hybridized carbons (Fsp3) is 0.250. The van der Waals surface area contributed by atoms with Gasteiger partial charge >= 0.3 is 0 Å². The van der Waals surface area contributed by atoms with Gasteiger partial charge in [-0.25, -0.2) is 0 Å². The van der Waals surface area contributed by atoms with Crippen LogP contribution in [0.15, 0.2) is 24.3 Å². The monoisotopic (exact) mass is 152 g/mol. The molecule has 0 N–H and O–H groups in total. The summed E-state index contributed by atoms with van der Waals surface area (Å²) in [5.41, 5.74) is 0. The number of ether oxygens (including phenoxy) is 1. The molecule has 0 amide bonds. The van der Waals surface area contributed by atoms with Gasteiger partial charge in [-0.3, -0.25) is 0 Å². The van der Waals surface area contributed by atoms with Crippen molar-refractivity contribution < 1.29 is 4.74 Å². The summed E-state index contributed by atoms with van der Waals surface area (Å²) in [6.07, 6.45) is 0. The lowest BCUT2D eigenvalue weighted by Crippen LogP contribution is -2.08. The van der Waals surface area contributed by atoms with Gasteiger partial charge in [-0.15, -0.1) is 0 Å². The summed E-state index contributed by atoms with van der Waals surface area (Å²) in [6.45, 7) is 2.28. The maximum atomic E-state index is 5.03. The number of methoxy groups -OCH3 is 1. The van der Waals surface area contributed by atoms with Gasteiger partial charge in [0.15, 0.2) is 0 Å². The second kappa shape index (κ2) is 3.42. The van der Waals surface area contributed by atoms with E-state index in [1.54, 1.807) is 7.11 Å². The standard InChI is InChI=1S/C8H12OSi/c1-9-7-3-5-8(10-2)6-4-7/h3-6H,10H2,1-2H3. The molecule has 0 bridgehead atoms. The molecule has 1 rings (SSSR count). The summed E-state index contributed by atoms with van der Waals surface area (Å²) in [5.74, 6) is 0.950. The Balaban J connectivity index is 2.80. The van der Waals surface area contributed by atoms with Crippen LogP contribution in [0.2, 0.25) is 6.55 Å². The van der Waals surface area contributed by atoms with Crippen molar-refractivity contribution in [3.63, 3.8) is 0 Å². The third-order valence-electron chi connectivity index (χ3n) is 1.57. The van der Waals surface area contributed by atoms with Crippen LogP contribution in [0.4, 0.5) is 0 Å². The molecule has 0 spiro atoms. The first-order valence-electron chi connectivity index (χ1n) is 3.49. The van der Waals surface area contributed by atoms with Gasteiger partial charge in [-0.2, -0.15) is 0 Å². The summed E-state index contributed by atoms with van der Waals surface area (Å²) in [4.78, 5) is 0. The molecule has 1 aromatic rings. The van der Waals surface area contributed by atoms with E-state index in [1.165, 1.54) is 5.19 Å². The Morgan fingerprint density at radius 1 is 1.20 bits per heavy atom. The van der Waals surface area contributed by atoms with Crippen molar-refractivity contribution in [1.82, 2.24) is 0 Å². The van der Waals surface area contributed by atoms with Crippen LogP contribution in [-0.2, 0) is 0 Å². The average Bonchev–Trinajstić information content (AvgIpc) is 2.05. The summed E-state index contributed by atoms with van der Waals surface area (Å²) < 4.78 is 5.03. The second-order valence-electron chi connectivity index (χ2n) is 2.20. The summed E-state index contributed by atoms with van der Waals surface area (Å²) in [6, 6.07) is 8.33. The first kappa shape index (κ1) is 7.35. The van der Waals surface area contributed by atoms with E-state index in [0.717, 1.165) is 5.75 Å². The molecule has 0 fully saturated rings. The Morgan fingerprint density at radius 2 is 1.80 bits per heavy atom. The highest BCUT2D eigenvalue weighted by Gasteiger charge is 1.89. The topological polar surface area (TPSA) is 9.23 Å². The average molecular weight is 152 g/mol. The summed E-state index contributed by atoms with van der Waals surface area (Å²) >= 11 is 0. The van der Waals surface area contributed by atoms with Crippen molar-refractivity contribution in [2.75, 3.05) is 7.11 Å². The molecule has 1 nitrogen and oxygen atoms in total. The molecule has 0 aromatic heterocycles. The molecule has 0 unspecified atom stereocenters. The number of benzene rings is 1. The van der Waals surface area contributed by atoms with E-state index < -0.39 is 0 Å². The van der Waals surface area contributed by atoms with Gasteiger partial charge in [0.05, 0.1) is 16.6 Å². The lowest BCUT2D eigenvalue weighted by molar-refractivity contribution is 0.415. The fourth-order valence-corrected chi connectivity index (χ4v) is 1.57. The van der Waals surface area contributed by atoms with E-state index in [1.807, 2.05) is 12.1 Å². The van der Waals surface area contributed by atoms with Crippen molar-refractivity contribution >= 4 is 14.7 Å². The number of hydrogen-bond donors (Lipinski definition) is 0. The van der Waals surface area contributed by atoms with Gasteiger partial charge in [0.25, 0.3) is 0 Å². The van der Waals surface area contributed by atoms with Crippen molar-refractivity contribution in [1.29, 1.82) is 0 Å². The second-order valence-corrected chi connectivity index (χ2v) is 3.73. The molecule has 0 radical (unpaired) electrons. The minimum Gasteiger partial charge on any atom is -0.497 e. The molecule has 0 atom stereocenters. The van der Waals surface area contributed by atoms with E-state index in [9.17, 15) is 0 Å². The van der Waals surface area contributed by atoms with Gasteiger partial charge < -0.3 is 4.74 Å². The summed E-state index contributed by atoms with van der Waals surface area (Å²) in [5, 5.41) is 1.49. The Labute approximate surface area is 63.8 Å². The Kier molecular flexibility index (Phi) is 2.51. The molecule has 1 aromatic carbocycles. The van der Waals surface area contributed by atoms with Gasteiger partial charge in [0, 0.05) is 0 Å². The third kappa shape index (κ3) is 1.61. The maximum absolute atomic E-state index is 5.03. The van der Waals surface area contributed by atoms with Crippen LogP contribution >= 0.6 is 0 Å². The minimum absolute atomic E-state index is 0.0121. The van der Waals surface area contributed by atoms with Crippen molar-refractivity contribution in [2.45, 2.75) is 6.55 Å². The van der Waals surface area contributed by atoms with Gasteiger partial charge in [-0.05, 0) is 12.1 Å². The fourth-order valence-electron chi connectivity index (χ4n) is 0.861. The van der Waals surface area contributed by atoms with Crippen LogP contribution in [0.3, 0.4) is 0 Å². The molecule has 0 aliphatic heterocycles. The predicted molar refractivity (Wildman–Crippen MR) is 47.0 cm³/mol. The van der Waals surface area contributed by atoms with E-state index >= 15 is 0 Å². The molecule has 10 heavy (non-hydrogen) atoms. The zero-order valence-electron chi connectivity index (χ0n) is 6.42. The predicted octanol–water partition coefficient (Wildman–Crippen LogP) is 0.537. The number of hydrogen-bond acceptors (Lipinski definition) is 1. The maximum Gasteiger partial charge on any atom is 0.118 e. The van der Waals surface area contributed by atoms with E-state index in [-0.39, 0.29) is 9.52 Å². The Bertz CT molecular complexity index is 170. The molecule has 0 saturated heterocycles. The van der Waals surface area contributed by atoms with Crippen molar-refractivity contribution in [3.05, 3.63) is 24.3 Å². The molecular formula is C8H12OSi. The molecule has 0 heterocycles. The Hall–Kier alpha value is -0.763. The summed E-state index contributed by atoms with van der Waals surface area (Å²) in [7, 11) is 1.70. The molecule has 0 aliphatic carbocycles. The SMILES string of the molecule is COc1ccc([SiH2]C)cc1. The zero-order valence-corrected chi connectivity index (χ0v) is 7.84. The van der Waals surface area contributed by atoms with E-state index in [0.29, 0.717) is 0 Å². The van der Waals surface area contributed by atoms with Crippen LogP contribution in [-0.4, -0.2) is 16.6 Å². The molecular weight excluding hydrogens is 140 g/mol. The highest BCUT2D eigenvalue weighted by atomic mass is 28.2. The number of rotatable bonds is 2.